The second-order valence-electron chi connectivity index (χ2n) is 4.90. The van der Waals surface area contributed by atoms with Crippen molar-refractivity contribution in [3.63, 3.8) is 0 Å². The van der Waals surface area contributed by atoms with Crippen LogP contribution in [0.3, 0.4) is 0 Å². The summed E-state index contributed by atoms with van der Waals surface area (Å²) >= 11 is 11.7. The van der Waals surface area contributed by atoms with E-state index in [-0.39, 0.29) is 5.78 Å². The normalized spacial score (nSPS) is 15.7. The van der Waals surface area contributed by atoms with Crippen LogP contribution in [0.25, 0.3) is 0 Å². The Morgan fingerprint density at radius 2 is 1.43 bits per heavy atom. The molecule has 2 aromatic carbocycles. The SMILES string of the molecule is O=C1C=CC(Nc2ccc(Cl)cc2)=CC1=Nc1ccc(Cl)cc1. The van der Waals surface area contributed by atoms with Gasteiger partial charge in [-0.15, -0.1) is 0 Å². The zero-order valence-electron chi connectivity index (χ0n) is 12.0. The smallest absolute Gasteiger partial charge is 0.204 e. The molecule has 0 bridgehead atoms. The lowest BCUT2D eigenvalue weighted by atomic mass is 10.1. The summed E-state index contributed by atoms with van der Waals surface area (Å²) in [7, 11) is 0. The molecule has 0 saturated heterocycles. The Hall–Kier alpha value is -2.36. The summed E-state index contributed by atoms with van der Waals surface area (Å²) < 4.78 is 0. The first kappa shape index (κ1) is 15.5. The molecule has 0 amide bonds. The largest absolute Gasteiger partial charge is 0.355 e. The first-order valence-electron chi connectivity index (χ1n) is 6.91. The predicted molar refractivity (Wildman–Crippen MR) is 95.9 cm³/mol. The highest BCUT2D eigenvalue weighted by molar-refractivity contribution is 6.49. The van der Waals surface area contributed by atoms with E-state index in [2.05, 4.69) is 10.3 Å². The first-order valence-corrected chi connectivity index (χ1v) is 7.67. The van der Waals surface area contributed by atoms with Gasteiger partial charge in [-0.2, -0.15) is 0 Å². The van der Waals surface area contributed by atoms with Gasteiger partial charge in [0.1, 0.15) is 5.71 Å². The van der Waals surface area contributed by atoms with Crippen LogP contribution in [-0.4, -0.2) is 11.5 Å². The Morgan fingerprint density at radius 3 is 2.09 bits per heavy atom. The number of nitrogens with zero attached hydrogens (tertiary/aromatic N) is 1. The number of hydrogen-bond donors (Lipinski definition) is 1. The van der Waals surface area contributed by atoms with Gasteiger partial charge in [0.25, 0.3) is 0 Å². The highest BCUT2D eigenvalue weighted by Gasteiger charge is 2.12. The van der Waals surface area contributed by atoms with Crippen LogP contribution < -0.4 is 5.32 Å². The van der Waals surface area contributed by atoms with Gasteiger partial charge in [0.2, 0.25) is 5.78 Å². The van der Waals surface area contributed by atoms with Gasteiger partial charge < -0.3 is 5.32 Å². The summed E-state index contributed by atoms with van der Waals surface area (Å²) in [6.45, 7) is 0. The van der Waals surface area contributed by atoms with E-state index >= 15 is 0 Å². The van der Waals surface area contributed by atoms with E-state index in [0.717, 1.165) is 11.4 Å². The molecule has 0 aromatic heterocycles. The lowest BCUT2D eigenvalue weighted by Gasteiger charge is -2.11. The van der Waals surface area contributed by atoms with Crippen LogP contribution >= 0.6 is 23.2 Å². The molecule has 0 unspecified atom stereocenters. The molecule has 1 aliphatic rings. The van der Waals surface area contributed by atoms with Crippen molar-refractivity contribution in [3.8, 4) is 0 Å². The van der Waals surface area contributed by atoms with Crippen molar-refractivity contribution in [1.82, 2.24) is 0 Å². The highest BCUT2D eigenvalue weighted by Crippen LogP contribution is 2.20. The number of halogens is 2. The standard InChI is InChI=1S/C18H12Cl2N2O/c19-12-1-5-14(6-2-12)21-16-9-10-18(23)17(11-16)22-15-7-3-13(20)4-8-15/h1-11,21H. The van der Waals surface area contributed by atoms with Crippen molar-refractivity contribution >= 4 is 46.1 Å². The average molecular weight is 343 g/mol. The number of nitrogens with one attached hydrogen (secondary N) is 1. The molecule has 0 radical (unpaired) electrons. The van der Waals surface area contributed by atoms with Crippen LogP contribution in [0, 0.1) is 0 Å². The zero-order valence-corrected chi connectivity index (χ0v) is 13.5. The van der Waals surface area contributed by atoms with E-state index in [1.54, 1.807) is 48.6 Å². The number of carbonyl (C=O) groups excluding carboxylic acids is 1. The summed E-state index contributed by atoms with van der Waals surface area (Å²) in [5.41, 5.74) is 2.70. The van der Waals surface area contributed by atoms with Gasteiger partial charge in [-0.25, -0.2) is 4.99 Å². The molecule has 0 spiro atoms. The maximum atomic E-state index is 12.0. The summed E-state index contributed by atoms with van der Waals surface area (Å²) in [6.07, 6.45) is 4.93. The summed E-state index contributed by atoms with van der Waals surface area (Å²) in [5, 5.41) is 4.51. The topological polar surface area (TPSA) is 41.5 Å². The van der Waals surface area contributed by atoms with Crippen molar-refractivity contribution in [1.29, 1.82) is 0 Å². The van der Waals surface area contributed by atoms with E-state index in [1.165, 1.54) is 6.08 Å². The molecule has 1 aliphatic carbocycles. The number of benzene rings is 2. The Kier molecular flexibility index (Phi) is 4.60. The molecule has 0 aliphatic heterocycles. The third-order valence-electron chi connectivity index (χ3n) is 3.17. The second kappa shape index (κ2) is 6.82. The lowest BCUT2D eigenvalue weighted by Crippen LogP contribution is -2.15. The van der Waals surface area contributed by atoms with Gasteiger partial charge >= 0.3 is 0 Å². The molecule has 0 fully saturated rings. The first-order chi connectivity index (χ1) is 11.1. The highest BCUT2D eigenvalue weighted by atomic mass is 35.5. The molecule has 0 saturated carbocycles. The summed E-state index contributed by atoms with van der Waals surface area (Å²) in [5.74, 6) is -0.137. The number of allylic oxidation sites excluding steroid dienone is 3. The van der Waals surface area contributed by atoms with Crippen molar-refractivity contribution in [2.75, 3.05) is 5.32 Å². The van der Waals surface area contributed by atoms with Crippen molar-refractivity contribution in [2.24, 2.45) is 4.99 Å². The van der Waals surface area contributed by atoms with Gasteiger partial charge in [0.05, 0.1) is 5.69 Å². The Balaban J connectivity index is 1.84. The van der Waals surface area contributed by atoms with Crippen molar-refractivity contribution in [3.05, 3.63) is 82.5 Å². The molecule has 3 rings (SSSR count). The lowest BCUT2D eigenvalue weighted by molar-refractivity contribution is -0.108. The van der Waals surface area contributed by atoms with Gasteiger partial charge in [-0.05, 0) is 66.8 Å². The monoisotopic (exact) mass is 342 g/mol. The number of aliphatic imine (C=N–C) groups is 1. The molecule has 0 heterocycles. The van der Waals surface area contributed by atoms with Crippen LogP contribution in [0.5, 0.6) is 0 Å². The van der Waals surface area contributed by atoms with E-state index in [4.69, 9.17) is 23.2 Å². The van der Waals surface area contributed by atoms with Gasteiger partial charge in [-0.3, -0.25) is 4.79 Å². The van der Waals surface area contributed by atoms with Gasteiger partial charge in [0, 0.05) is 21.4 Å². The minimum atomic E-state index is -0.137. The molecule has 5 heteroatoms. The summed E-state index contributed by atoms with van der Waals surface area (Å²) in [4.78, 5) is 16.3. The third kappa shape index (κ3) is 4.09. The van der Waals surface area contributed by atoms with Gasteiger partial charge in [-0.1, -0.05) is 23.2 Å². The molecular weight excluding hydrogens is 331 g/mol. The van der Waals surface area contributed by atoms with Crippen LogP contribution in [0.4, 0.5) is 11.4 Å². The molecule has 0 atom stereocenters. The van der Waals surface area contributed by atoms with Crippen LogP contribution in [0.15, 0.2) is 77.4 Å². The number of hydrogen-bond acceptors (Lipinski definition) is 3. The molecule has 114 valence electrons. The van der Waals surface area contributed by atoms with E-state index < -0.39 is 0 Å². The minimum absolute atomic E-state index is 0.137. The number of carbonyl (C=O) groups is 1. The second-order valence-corrected chi connectivity index (χ2v) is 5.78. The van der Waals surface area contributed by atoms with Crippen LogP contribution in [0.1, 0.15) is 0 Å². The molecule has 23 heavy (non-hydrogen) atoms. The quantitative estimate of drug-likeness (QED) is 0.778. The maximum Gasteiger partial charge on any atom is 0.204 e. The van der Waals surface area contributed by atoms with E-state index in [1.807, 2.05) is 12.1 Å². The van der Waals surface area contributed by atoms with E-state index in [9.17, 15) is 4.79 Å². The molecule has 3 nitrogen and oxygen atoms in total. The number of anilines is 1. The third-order valence-corrected chi connectivity index (χ3v) is 3.67. The average Bonchev–Trinajstić information content (AvgIpc) is 2.55. The minimum Gasteiger partial charge on any atom is -0.355 e. The molecular formula is C18H12Cl2N2O. The summed E-state index contributed by atoms with van der Waals surface area (Å²) in [6, 6.07) is 14.3. The van der Waals surface area contributed by atoms with Gasteiger partial charge in [0.15, 0.2) is 0 Å². The predicted octanol–water partition coefficient (Wildman–Crippen LogP) is 5.20. The molecule has 2 aromatic rings. The van der Waals surface area contributed by atoms with Crippen molar-refractivity contribution < 1.29 is 4.79 Å². The zero-order chi connectivity index (χ0) is 16.2. The molecule has 1 N–H and O–H groups in total. The maximum absolute atomic E-state index is 12.0. The Labute approximate surface area is 144 Å². The van der Waals surface area contributed by atoms with Crippen LogP contribution in [0.2, 0.25) is 10.0 Å². The Morgan fingerprint density at radius 1 is 0.826 bits per heavy atom. The fourth-order valence-corrected chi connectivity index (χ4v) is 2.29. The Bertz CT molecular complexity index is 819. The fraction of sp³-hybridized carbons (Fsp3) is 0. The number of ketones is 1. The fourth-order valence-electron chi connectivity index (χ4n) is 2.04. The number of rotatable bonds is 3. The van der Waals surface area contributed by atoms with E-state index in [0.29, 0.717) is 21.4 Å². The van der Waals surface area contributed by atoms with Crippen molar-refractivity contribution in [2.45, 2.75) is 0 Å². The van der Waals surface area contributed by atoms with Crippen LogP contribution in [-0.2, 0) is 4.79 Å².